The highest BCUT2D eigenvalue weighted by Crippen LogP contribution is 2.16. The molecule has 3 rings (SSSR count). The van der Waals surface area contributed by atoms with Crippen LogP contribution in [-0.2, 0) is 22.6 Å². The van der Waals surface area contributed by atoms with Gasteiger partial charge in [-0.2, -0.15) is 0 Å². The smallest absolute Gasteiger partial charge is 0.408 e. The number of amides is 2. The fraction of sp³-hybridized carbons (Fsp3) is 0.269. The van der Waals surface area contributed by atoms with Crippen LogP contribution in [0.15, 0.2) is 72.9 Å². The number of nitrogens with one attached hydrogen (secondary N) is 3. The third kappa shape index (κ3) is 8.63. The van der Waals surface area contributed by atoms with E-state index in [1.165, 1.54) is 0 Å². The van der Waals surface area contributed by atoms with E-state index in [9.17, 15) is 9.59 Å². The van der Waals surface area contributed by atoms with Gasteiger partial charge in [0.1, 0.15) is 24.0 Å². The van der Waals surface area contributed by atoms with E-state index in [2.05, 4.69) is 15.6 Å². The van der Waals surface area contributed by atoms with Gasteiger partial charge in [-0.15, -0.1) is 0 Å². The highest BCUT2D eigenvalue weighted by atomic mass is 16.6. The number of carbonyl (C=O) groups is 2. The zero-order valence-corrected chi connectivity index (χ0v) is 19.9. The molecule has 9 nitrogen and oxygen atoms in total. The molecule has 1 heterocycles. The van der Waals surface area contributed by atoms with Gasteiger partial charge < -0.3 is 20.1 Å². The Kier molecular flexibility index (Phi) is 8.63. The van der Waals surface area contributed by atoms with Crippen molar-refractivity contribution < 1.29 is 24.3 Å². The molecule has 0 aliphatic carbocycles. The van der Waals surface area contributed by atoms with Crippen molar-refractivity contribution in [1.82, 2.24) is 10.3 Å². The first-order valence-electron chi connectivity index (χ1n) is 11.1. The van der Waals surface area contributed by atoms with Crippen LogP contribution in [0.4, 0.5) is 16.2 Å². The molecule has 3 aromatic rings. The summed E-state index contributed by atoms with van der Waals surface area (Å²) in [5, 5.41) is 14.3. The number of pyridine rings is 1. The zero-order valence-electron chi connectivity index (χ0n) is 19.9. The van der Waals surface area contributed by atoms with Gasteiger partial charge in [0.05, 0.1) is 11.9 Å². The second-order valence-electron chi connectivity index (χ2n) is 8.84. The molecule has 1 aromatic heterocycles. The minimum atomic E-state index is -0.941. The number of hydrogen-bond donors (Lipinski definition) is 4. The molecular formula is C26H30N4O5. The molecular weight excluding hydrogens is 448 g/mol. The maximum absolute atomic E-state index is 13.0. The van der Waals surface area contributed by atoms with E-state index >= 15 is 0 Å². The molecule has 0 spiro atoms. The highest BCUT2D eigenvalue weighted by molar-refractivity contribution is 5.96. The third-order valence-electron chi connectivity index (χ3n) is 4.75. The molecule has 0 bridgehead atoms. The normalized spacial score (nSPS) is 11.8. The number of ether oxygens (including phenoxy) is 2. The van der Waals surface area contributed by atoms with Gasteiger partial charge in [0.25, 0.3) is 0 Å². The SMILES string of the molecule is CC(C)(C)OC(=O)NC(Cc1ccc(OCc2ccccc2)cn1)C(=O)Nc1ccc(NO)cc1. The summed E-state index contributed by atoms with van der Waals surface area (Å²) in [6.45, 7) is 5.65. The van der Waals surface area contributed by atoms with Gasteiger partial charge in [0.2, 0.25) is 5.91 Å². The van der Waals surface area contributed by atoms with Gasteiger partial charge in [-0.25, -0.2) is 4.79 Å². The predicted octanol–water partition coefficient (Wildman–Crippen LogP) is 4.54. The van der Waals surface area contributed by atoms with Crippen LogP contribution in [0.5, 0.6) is 5.75 Å². The van der Waals surface area contributed by atoms with Crippen molar-refractivity contribution in [3.63, 3.8) is 0 Å². The van der Waals surface area contributed by atoms with Crippen LogP contribution in [0, 0.1) is 0 Å². The molecule has 0 aliphatic rings. The number of rotatable bonds is 9. The molecule has 1 atom stereocenters. The maximum atomic E-state index is 13.0. The molecule has 2 amide bonds. The van der Waals surface area contributed by atoms with Crippen molar-refractivity contribution in [1.29, 1.82) is 0 Å². The van der Waals surface area contributed by atoms with E-state index in [-0.39, 0.29) is 6.42 Å². The van der Waals surface area contributed by atoms with E-state index in [1.807, 2.05) is 35.8 Å². The molecule has 0 aliphatic heterocycles. The number of nitrogens with zero attached hydrogens (tertiary/aromatic N) is 1. The summed E-state index contributed by atoms with van der Waals surface area (Å²) >= 11 is 0. The monoisotopic (exact) mass is 478 g/mol. The summed E-state index contributed by atoms with van der Waals surface area (Å²) in [5.41, 5.74) is 3.92. The van der Waals surface area contributed by atoms with Gasteiger partial charge in [-0.1, -0.05) is 30.3 Å². The van der Waals surface area contributed by atoms with Crippen LogP contribution in [0.1, 0.15) is 32.0 Å². The van der Waals surface area contributed by atoms with Crippen molar-refractivity contribution in [2.24, 2.45) is 0 Å². The zero-order chi connectivity index (χ0) is 25.3. The third-order valence-corrected chi connectivity index (χ3v) is 4.75. The fourth-order valence-electron chi connectivity index (χ4n) is 3.08. The molecule has 0 saturated heterocycles. The Labute approximate surface area is 204 Å². The summed E-state index contributed by atoms with van der Waals surface area (Å²) in [6, 6.07) is 18.8. The minimum absolute atomic E-state index is 0.139. The van der Waals surface area contributed by atoms with E-state index in [0.29, 0.717) is 29.4 Å². The molecule has 4 N–H and O–H groups in total. The Hall–Kier alpha value is -4.11. The quantitative estimate of drug-likeness (QED) is 0.333. The van der Waals surface area contributed by atoms with Crippen LogP contribution in [0.2, 0.25) is 0 Å². The largest absolute Gasteiger partial charge is 0.487 e. The molecule has 2 aromatic carbocycles. The highest BCUT2D eigenvalue weighted by Gasteiger charge is 2.25. The number of alkyl carbamates (subject to hydrolysis) is 1. The number of anilines is 2. The van der Waals surface area contributed by atoms with Crippen LogP contribution < -0.4 is 20.9 Å². The van der Waals surface area contributed by atoms with Gasteiger partial charge in [-0.3, -0.25) is 20.5 Å². The lowest BCUT2D eigenvalue weighted by atomic mass is 10.1. The second-order valence-corrected chi connectivity index (χ2v) is 8.84. The van der Waals surface area contributed by atoms with Crippen molar-refractivity contribution in [3.8, 4) is 5.75 Å². The Morgan fingerprint density at radius 1 is 0.971 bits per heavy atom. The predicted molar refractivity (Wildman–Crippen MR) is 132 cm³/mol. The lowest BCUT2D eigenvalue weighted by Crippen LogP contribution is -2.47. The average Bonchev–Trinajstić information content (AvgIpc) is 2.83. The summed E-state index contributed by atoms with van der Waals surface area (Å²) in [5.74, 6) is 0.156. The standard InChI is InChI=1S/C26H30N4O5/c1-26(2,3)35-25(32)29-23(24(31)28-19-9-11-20(30-33)12-10-19)15-21-13-14-22(16-27-21)34-17-18-7-5-4-6-8-18/h4-14,16,23,30,33H,15,17H2,1-3H3,(H,28,31)(H,29,32). The summed E-state index contributed by atoms with van der Waals surface area (Å²) < 4.78 is 11.1. The molecule has 0 radical (unpaired) electrons. The van der Waals surface area contributed by atoms with Crippen molar-refractivity contribution in [2.45, 2.75) is 45.4 Å². The molecule has 1 unspecified atom stereocenters. The molecule has 35 heavy (non-hydrogen) atoms. The van der Waals surface area contributed by atoms with Crippen molar-refractivity contribution in [3.05, 3.63) is 84.2 Å². The van der Waals surface area contributed by atoms with Crippen LogP contribution in [0.3, 0.4) is 0 Å². The van der Waals surface area contributed by atoms with Crippen LogP contribution >= 0.6 is 0 Å². The van der Waals surface area contributed by atoms with Crippen molar-refractivity contribution in [2.75, 3.05) is 10.8 Å². The molecule has 9 heteroatoms. The second kappa shape index (κ2) is 11.8. The molecule has 0 saturated carbocycles. The van der Waals surface area contributed by atoms with Gasteiger partial charge in [0.15, 0.2) is 0 Å². The van der Waals surface area contributed by atoms with E-state index < -0.39 is 23.6 Å². The Bertz CT molecular complexity index is 1100. The topological polar surface area (TPSA) is 122 Å². The first-order chi connectivity index (χ1) is 16.7. The summed E-state index contributed by atoms with van der Waals surface area (Å²) in [7, 11) is 0. The minimum Gasteiger partial charge on any atom is -0.487 e. The lowest BCUT2D eigenvalue weighted by molar-refractivity contribution is -0.118. The van der Waals surface area contributed by atoms with Gasteiger partial charge >= 0.3 is 6.09 Å². The number of hydrogen-bond acceptors (Lipinski definition) is 7. The van der Waals surface area contributed by atoms with E-state index in [1.54, 1.807) is 63.4 Å². The van der Waals surface area contributed by atoms with Crippen LogP contribution in [0.25, 0.3) is 0 Å². The fourth-order valence-corrected chi connectivity index (χ4v) is 3.08. The van der Waals surface area contributed by atoms with Crippen molar-refractivity contribution >= 4 is 23.4 Å². The van der Waals surface area contributed by atoms with Crippen LogP contribution in [-0.4, -0.2) is 33.8 Å². The number of carbonyl (C=O) groups excluding carboxylic acids is 2. The maximum Gasteiger partial charge on any atom is 0.408 e. The van der Waals surface area contributed by atoms with E-state index in [0.717, 1.165) is 5.56 Å². The molecule has 0 fully saturated rings. The Morgan fingerprint density at radius 3 is 2.26 bits per heavy atom. The molecule has 184 valence electrons. The Morgan fingerprint density at radius 2 is 1.66 bits per heavy atom. The first kappa shape index (κ1) is 25.5. The van der Waals surface area contributed by atoms with E-state index in [4.69, 9.17) is 14.7 Å². The van der Waals surface area contributed by atoms with Gasteiger partial charge in [0, 0.05) is 17.8 Å². The Balaban J connectivity index is 1.67. The first-order valence-corrected chi connectivity index (χ1v) is 11.1. The lowest BCUT2D eigenvalue weighted by Gasteiger charge is -2.23. The average molecular weight is 479 g/mol. The number of benzene rings is 2. The van der Waals surface area contributed by atoms with Gasteiger partial charge in [-0.05, 0) is 62.7 Å². The number of aromatic nitrogens is 1. The summed E-state index contributed by atoms with van der Waals surface area (Å²) in [4.78, 5) is 29.8. The summed E-state index contributed by atoms with van der Waals surface area (Å²) in [6.07, 6.45) is 1.02.